The fraction of sp³-hybridized carbons (Fsp3) is 0.167. The van der Waals surface area contributed by atoms with Crippen molar-refractivity contribution in [2.75, 3.05) is 0 Å². The van der Waals surface area contributed by atoms with Gasteiger partial charge in [0.1, 0.15) is 11.2 Å². The lowest BCUT2D eigenvalue weighted by molar-refractivity contribution is 0.00578. The number of aromatic nitrogens is 1. The second-order valence-corrected chi connectivity index (χ2v) is 12.0. The molecule has 8 rings (SSSR count). The van der Waals surface area contributed by atoms with Crippen LogP contribution in [0.3, 0.4) is 0 Å². The molecule has 4 nitrogen and oxygen atoms in total. The van der Waals surface area contributed by atoms with Crippen LogP contribution in [0.2, 0.25) is 0 Å². The standard InChI is InChI=1S/C36H30BNO3/c1-35(2)36(3,4)41-37(40-35)23-20-21-29-32(22-23)39-31-19-11-15-26(33(29)31)28-17-10-16-27-25-14-8-9-18-30(25)38(34(27)28)24-12-6-5-7-13-24/h5-22H,1-4H3. The summed E-state index contributed by atoms with van der Waals surface area (Å²) in [5.41, 5.74) is 7.70. The van der Waals surface area contributed by atoms with E-state index in [9.17, 15) is 0 Å². The Labute approximate surface area is 239 Å². The maximum Gasteiger partial charge on any atom is 0.494 e. The monoisotopic (exact) mass is 535 g/mol. The molecule has 5 heteroatoms. The highest BCUT2D eigenvalue weighted by Gasteiger charge is 2.51. The lowest BCUT2D eigenvalue weighted by Crippen LogP contribution is -2.41. The molecule has 0 radical (unpaired) electrons. The average Bonchev–Trinajstić information content (AvgIpc) is 3.59. The number of para-hydroxylation sites is 3. The van der Waals surface area contributed by atoms with Gasteiger partial charge in [-0.2, -0.15) is 0 Å². The van der Waals surface area contributed by atoms with Gasteiger partial charge in [-0.15, -0.1) is 0 Å². The SMILES string of the molecule is CC1(C)OB(c2ccc3c(c2)oc2cccc(-c4cccc5c6ccccc6n(-c6ccccc6)c45)c23)OC1(C)C. The molecule has 0 amide bonds. The quantitative estimate of drug-likeness (QED) is 0.213. The van der Waals surface area contributed by atoms with E-state index in [1.54, 1.807) is 0 Å². The van der Waals surface area contributed by atoms with E-state index in [2.05, 4.69) is 141 Å². The molecule has 0 N–H and O–H groups in total. The van der Waals surface area contributed by atoms with Gasteiger partial charge in [-0.05, 0) is 69.1 Å². The largest absolute Gasteiger partial charge is 0.494 e. The van der Waals surface area contributed by atoms with Crippen LogP contribution in [0, 0.1) is 0 Å². The van der Waals surface area contributed by atoms with Gasteiger partial charge >= 0.3 is 7.12 Å². The fourth-order valence-corrected chi connectivity index (χ4v) is 6.27. The summed E-state index contributed by atoms with van der Waals surface area (Å²) in [4.78, 5) is 0. The molecule has 0 aliphatic carbocycles. The number of fused-ring (bicyclic) bond motifs is 6. The number of rotatable bonds is 3. The van der Waals surface area contributed by atoms with Crippen molar-refractivity contribution in [1.29, 1.82) is 0 Å². The van der Waals surface area contributed by atoms with Crippen molar-refractivity contribution in [2.24, 2.45) is 0 Å². The van der Waals surface area contributed by atoms with Crippen LogP contribution in [-0.2, 0) is 9.31 Å². The van der Waals surface area contributed by atoms with E-state index in [4.69, 9.17) is 13.7 Å². The molecule has 0 saturated carbocycles. The number of benzene rings is 5. The molecule has 41 heavy (non-hydrogen) atoms. The van der Waals surface area contributed by atoms with Gasteiger partial charge in [-0.1, -0.05) is 78.9 Å². The Balaban J connectivity index is 1.37. The van der Waals surface area contributed by atoms with Crippen LogP contribution in [0.4, 0.5) is 0 Å². The molecule has 5 aromatic carbocycles. The summed E-state index contributed by atoms with van der Waals surface area (Å²) >= 11 is 0. The highest BCUT2D eigenvalue weighted by atomic mass is 16.7. The fourth-order valence-electron chi connectivity index (χ4n) is 6.27. The van der Waals surface area contributed by atoms with E-state index in [1.165, 1.54) is 27.4 Å². The number of hydrogen-bond acceptors (Lipinski definition) is 3. The number of nitrogens with zero attached hydrogens (tertiary/aromatic N) is 1. The molecule has 7 aromatic rings. The van der Waals surface area contributed by atoms with E-state index in [1.807, 2.05) is 0 Å². The summed E-state index contributed by atoms with van der Waals surface area (Å²) < 4.78 is 21.5. The zero-order valence-corrected chi connectivity index (χ0v) is 23.6. The maximum atomic E-state index is 6.49. The Morgan fingerprint density at radius 1 is 0.585 bits per heavy atom. The summed E-state index contributed by atoms with van der Waals surface area (Å²) in [6.45, 7) is 8.31. The Hall–Kier alpha value is -4.32. The predicted molar refractivity (Wildman–Crippen MR) is 169 cm³/mol. The molecule has 2 aromatic heterocycles. The normalized spacial score (nSPS) is 16.4. The Morgan fingerprint density at radius 2 is 1.27 bits per heavy atom. The molecule has 1 aliphatic heterocycles. The molecule has 0 atom stereocenters. The van der Waals surface area contributed by atoms with Crippen LogP contribution >= 0.6 is 0 Å². The second-order valence-electron chi connectivity index (χ2n) is 12.0. The molecular weight excluding hydrogens is 505 g/mol. The molecule has 0 bridgehead atoms. The van der Waals surface area contributed by atoms with Gasteiger partial charge in [-0.25, -0.2) is 0 Å². The minimum Gasteiger partial charge on any atom is -0.456 e. The molecule has 200 valence electrons. The Morgan fingerprint density at radius 3 is 2.07 bits per heavy atom. The van der Waals surface area contributed by atoms with Gasteiger partial charge in [-0.3, -0.25) is 0 Å². The first kappa shape index (κ1) is 24.5. The lowest BCUT2D eigenvalue weighted by atomic mass is 9.79. The van der Waals surface area contributed by atoms with Crippen LogP contribution in [0.5, 0.6) is 0 Å². The van der Waals surface area contributed by atoms with E-state index >= 15 is 0 Å². The third-order valence-corrected chi connectivity index (χ3v) is 9.05. The molecular formula is C36H30BNO3. The van der Waals surface area contributed by atoms with Crippen LogP contribution in [0.25, 0.3) is 60.6 Å². The summed E-state index contributed by atoms with van der Waals surface area (Å²) in [6.07, 6.45) is 0. The second kappa shape index (κ2) is 8.59. The zero-order valence-electron chi connectivity index (χ0n) is 23.6. The van der Waals surface area contributed by atoms with E-state index in [0.29, 0.717) is 0 Å². The van der Waals surface area contributed by atoms with Crippen molar-refractivity contribution >= 4 is 56.3 Å². The van der Waals surface area contributed by atoms with Gasteiger partial charge in [0, 0.05) is 32.8 Å². The third-order valence-electron chi connectivity index (χ3n) is 9.05. The minimum absolute atomic E-state index is 0.399. The molecule has 1 fully saturated rings. The summed E-state index contributed by atoms with van der Waals surface area (Å²) in [5.74, 6) is 0. The van der Waals surface area contributed by atoms with E-state index < -0.39 is 18.3 Å². The van der Waals surface area contributed by atoms with Crippen molar-refractivity contribution in [3.8, 4) is 16.8 Å². The highest BCUT2D eigenvalue weighted by Crippen LogP contribution is 2.43. The van der Waals surface area contributed by atoms with Gasteiger partial charge in [0.25, 0.3) is 0 Å². The van der Waals surface area contributed by atoms with Crippen LogP contribution in [0.15, 0.2) is 114 Å². The topological polar surface area (TPSA) is 36.5 Å². The van der Waals surface area contributed by atoms with Crippen molar-refractivity contribution in [3.63, 3.8) is 0 Å². The van der Waals surface area contributed by atoms with E-state index in [0.717, 1.165) is 38.7 Å². The molecule has 1 saturated heterocycles. The molecule has 0 spiro atoms. The zero-order chi connectivity index (χ0) is 27.9. The average molecular weight is 535 g/mol. The Kier molecular flexibility index (Phi) is 5.13. The smallest absolute Gasteiger partial charge is 0.456 e. The first-order valence-corrected chi connectivity index (χ1v) is 14.2. The minimum atomic E-state index is -0.438. The van der Waals surface area contributed by atoms with Crippen molar-refractivity contribution in [1.82, 2.24) is 4.57 Å². The first-order valence-electron chi connectivity index (χ1n) is 14.2. The van der Waals surface area contributed by atoms with Crippen LogP contribution < -0.4 is 5.46 Å². The number of hydrogen-bond donors (Lipinski definition) is 0. The molecule has 0 unspecified atom stereocenters. The molecule has 3 heterocycles. The van der Waals surface area contributed by atoms with Crippen LogP contribution in [-0.4, -0.2) is 22.9 Å². The van der Waals surface area contributed by atoms with Crippen LogP contribution in [0.1, 0.15) is 27.7 Å². The van der Waals surface area contributed by atoms with E-state index in [-0.39, 0.29) is 0 Å². The lowest BCUT2D eigenvalue weighted by Gasteiger charge is -2.32. The van der Waals surface area contributed by atoms with Crippen molar-refractivity contribution in [3.05, 3.63) is 109 Å². The van der Waals surface area contributed by atoms with Gasteiger partial charge in [0.05, 0.1) is 22.2 Å². The summed E-state index contributed by atoms with van der Waals surface area (Å²) in [5, 5.41) is 4.66. The third kappa shape index (κ3) is 3.56. The molecule has 1 aliphatic rings. The summed E-state index contributed by atoms with van der Waals surface area (Å²) in [6, 6.07) is 38.6. The predicted octanol–water partition coefficient (Wildman–Crippen LogP) is 8.65. The number of furan rings is 1. The van der Waals surface area contributed by atoms with Crippen molar-refractivity contribution < 1.29 is 13.7 Å². The summed E-state index contributed by atoms with van der Waals surface area (Å²) in [7, 11) is -0.438. The highest BCUT2D eigenvalue weighted by molar-refractivity contribution is 6.62. The van der Waals surface area contributed by atoms with Crippen molar-refractivity contribution in [2.45, 2.75) is 38.9 Å². The van der Waals surface area contributed by atoms with Gasteiger partial charge < -0.3 is 18.3 Å². The first-order chi connectivity index (χ1) is 19.8. The van der Waals surface area contributed by atoms with Gasteiger partial charge in [0.2, 0.25) is 0 Å². The maximum absolute atomic E-state index is 6.49. The Bertz CT molecular complexity index is 2100. The van der Waals surface area contributed by atoms with Gasteiger partial charge in [0.15, 0.2) is 0 Å².